The molecule has 1 aliphatic heterocycles. The van der Waals surface area contributed by atoms with Crippen LogP contribution in [0.1, 0.15) is 49.5 Å². The molecule has 0 aliphatic carbocycles. The molecule has 0 atom stereocenters. The van der Waals surface area contributed by atoms with E-state index in [-0.39, 0.29) is 17.9 Å². The van der Waals surface area contributed by atoms with Crippen LogP contribution in [0, 0.1) is 0 Å². The third kappa shape index (κ3) is 4.55. The zero-order valence-electron chi connectivity index (χ0n) is 12.5. The number of hydrogen-bond acceptors (Lipinski definition) is 3. The molecule has 1 saturated heterocycles. The van der Waals surface area contributed by atoms with E-state index in [0.717, 1.165) is 25.7 Å². The normalized spacial score (nSPS) is 15.8. The number of piperidine rings is 1. The summed E-state index contributed by atoms with van der Waals surface area (Å²) in [4.78, 5) is 29.9. The highest BCUT2D eigenvalue weighted by atomic mass is 16.2. The minimum atomic E-state index is -0.0219. The van der Waals surface area contributed by atoms with Crippen LogP contribution >= 0.6 is 0 Å². The van der Waals surface area contributed by atoms with Gasteiger partial charge >= 0.3 is 0 Å². The van der Waals surface area contributed by atoms with Crippen LogP contribution in [0.15, 0.2) is 24.4 Å². The van der Waals surface area contributed by atoms with E-state index >= 15 is 0 Å². The van der Waals surface area contributed by atoms with Gasteiger partial charge in [0.05, 0.1) is 0 Å². The lowest BCUT2D eigenvalue weighted by molar-refractivity contribution is -0.122. The molecule has 2 amide bonds. The van der Waals surface area contributed by atoms with Gasteiger partial charge in [-0.3, -0.25) is 14.6 Å². The van der Waals surface area contributed by atoms with Gasteiger partial charge in [0.1, 0.15) is 5.69 Å². The molecule has 0 radical (unpaired) electrons. The number of likely N-dealkylation sites (tertiary alicyclic amines) is 1. The Balaban J connectivity index is 1.78. The molecule has 2 rings (SSSR count). The number of aromatic nitrogens is 1. The Morgan fingerprint density at radius 1 is 1.33 bits per heavy atom. The largest absolute Gasteiger partial charge is 0.353 e. The van der Waals surface area contributed by atoms with Gasteiger partial charge in [0, 0.05) is 31.7 Å². The first-order valence-electron chi connectivity index (χ1n) is 7.70. The number of carbonyl (C=O) groups excluding carboxylic acids is 2. The number of nitrogens with zero attached hydrogens (tertiary/aromatic N) is 2. The summed E-state index contributed by atoms with van der Waals surface area (Å²) in [6.07, 6.45) is 5.83. The first-order chi connectivity index (χ1) is 10.2. The van der Waals surface area contributed by atoms with Gasteiger partial charge in [0.15, 0.2) is 0 Å². The predicted octanol–water partition coefficient (Wildman–Crippen LogP) is 1.99. The minimum Gasteiger partial charge on any atom is -0.353 e. The summed E-state index contributed by atoms with van der Waals surface area (Å²) in [6.45, 7) is 3.43. The van der Waals surface area contributed by atoms with Gasteiger partial charge in [0.25, 0.3) is 5.91 Å². The van der Waals surface area contributed by atoms with Gasteiger partial charge in [-0.25, -0.2) is 0 Å². The molecular weight excluding hydrogens is 266 g/mol. The van der Waals surface area contributed by atoms with E-state index < -0.39 is 0 Å². The molecule has 0 saturated carbocycles. The molecule has 1 aromatic heterocycles. The van der Waals surface area contributed by atoms with Gasteiger partial charge in [-0.1, -0.05) is 19.4 Å². The van der Waals surface area contributed by atoms with Gasteiger partial charge in [-0.05, 0) is 31.4 Å². The number of amides is 2. The Hall–Kier alpha value is -1.91. The predicted molar refractivity (Wildman–Crippen MR) is 80.8 cm³/mol. The minimum absolute atomic E-state index is 0.0219. The summed E-state index contributed by atoms with van der Waals surface area (Å²) in [5.74, 6) is 0.109. The van der Waals surface area contributed by atoms with Crippen LogP contribution in [0.2, 0.25) is 0 Å². The summed E-state index contributed by atoms with van der Waals surface area (Å²) in [7, 11) is 0. The first-order valence-corrected chi connectivity index (χ1v) is 7.70. The van der Waals surface area contributed by atoms with Crippen LogP contribution < -0.4 is 5.32 Å². The van der Waals surface area contributed by atoms with E-state index in [9.17, 15) is 9.59 Å². The highest BCUT2D eigenvalue weighted by Gasteiger charge is 2.24. The van der Waals surface area contributed by atoms with Crippen LogP contribution in [0.25, 0.3) is 0 Å². The summed E-state index contributed by atoms with van der Waals surface area (Å²) in [5.41, 5.74) is 0.489. The summed E-state index contributed by atoms with van der Waals surface area (Å²) in [6, 6.07) is 5.55. The van der Waals surface area contributed by atoms with Gasteiger partial charge in [-0.2, -0.15) is 0 Å². The van der Waals surface area contributed by atoms with Gasteiger partial charge < -0.3 is 10.2 Å². The summed E-state index contributed by atoms with van der Waals surface area (Å²) >= 11 is 0. The topological polar surface area (TPSA) is 62.3 Å². The van der Waals surface area contributed by atoms with Crippen LogP contribution in [-0.2, 0) is 4.79 Å². The standard InChI is InChI=1S/C16H23N3O2/c1-2-3-7-15(20)18-13-8-11-19(12-9-13)16(21)14-6-4-5-10-17-14/h4-6,10,13H,2-3,7-9,11-12H2,1H3,(H,18,20). The van der Waals surface area contributed by atoms with E-state index in [2.05, 4.69) is 17.2 Å². The molecule has 1 aromatic rings. The number of nitrogens with one attached hydrogen (secondary N) is 1. The fraction of sp³-hybridized carbons (Fsp3) is 0.562. The van der Waals surface area contributed by atoms with Crippen molar-refractivity contribution in [3.8, 4) is 0 Å². The Morgan fingerprint density at radius 2 is 2.10 bits per heavy atom. The highest BCUT2D eigenvalue weighted by molar-refractivity contribution is 5.92. The van der Waals surface area contributed by atoms with Crippen LogP contribution in [0.3, 0.4) is 0 Å². The van der Waals surface area contributed by atoms with Crippen LogP contribution in [-0.4, -0.2) is 40.8 Å². The third-order valence-corrected chi connectivity index (χ3v) is 3.79. The molecule has 1 fully saturated rings. The second kappa shape index (κ2) is 7.76. The molecule has 0 unspecified atom stereocenters. The Labute approximate surface area is 125 Å². The van der Waals surface area contributed by atoms with Crippen molar-refractivity contribution >= 4 is 11.8 Å². The smallest absolute Gasteiger partial charge is 0.272 e. The fourth-order valence-corrected chi connectivity index (χ4v) is 2.52. The maximum Gasteiger partial charge on any atom is 0.272 e. The Kier molecular flexibility index (Phi) is 5.72. The molecule has 114 valence electrons. The average Bonchev–Trinajstić information content (AvgIpc) is 2.54. The number of hydrogen-bond donors (Lipinski definition) is 1. The van der Waals surface area contributed by atoms with E-state index in [1.807, 2.05) is 11.0 Å². The summed E-state index contributed by atoms with van der Waals surface area (Å²) in [5, 5.41) is 3.06. The lowest BCUT2D eigenvalue weighted by Crippen LogP contribution is -2.46. The molecule has 2 heterocycles. The number of unbranched alkanes of at least 4 members (excludes halogenated alkanes) is 1. The third-order valence-electron chi connectivity index (χ3n) is 3.79. The SMILES string of the molecule is CCCCC(=O)NC1CCN(C(=O)c2ccccn2)CC1. The molecule has 0 bridgehead atoms. The van der Waals surface area contributed by atoms with Crippen molar-refractivity contribution in [3.63, 3.8) is 0 Å². The molecule has 0 aromatic carbocycles. The number of rotatable bonds is 5. The van der Waals surface area contributed by atoms with Gasteiger partial charge in [0.2, 0.25) is 5.91 Å². The number of carbonyl (C=O) groups is 2. The molecule has 5 heteroatoms. The molecular formula is C16H23N3O2. The van der Waals surface area contributed by atoms with Crippen molar-refractivity contribution in [1.82, 2.24) is 15.2 Å². The maximum atomic E-state index is 12.2. The molecule has 0 spiro atoms. The second-order valence-electron chi connectivity index (χ2n) is 5.45. The van der Waals surface area contributed by atoms with Crippen LogP contribution in [0.4, 0.5) is 0 Å². The van der Waals surface area contributed by atoms with E-state index in [4.69, 9.17) is 0 Å². The lowest BCUT2D eigenvalue weighted by atomic mass is 10.0. The van der Waals surface area contributed by atoms with Crippen molar-refractivity contribution < 1.29 is 9.59 Å². The molecule has 5 nitrogen and oxygen atoms in total. The van der Waals surface area contributed by atoms with Crippen molar-refractivity contribution in [2.24, 2.45) is 0 Å². The van der Waals surface area contributed by atoms with Crippen LogP contribution in [0.5, 0.6) is 0 Å². The van der Waals surface area contributed by atoms with E-state index in [0.29, 0.717) is 25.2 Å². The zero-order valence-corrected chi connectivity index (χ0v) is 12.5. The second-order valence-corrected chi connectivity index (χ2v) is 5.45. The average molecular weight is 289 g/mol. The van der Waals surface area contributed by atoms with Crippen molar-refractivity contribution in [2.75, 3.05) is 13.1 Å². The molecule has 1 N–H and O–H groups in total. The first kappa shape index (κ1) is 15.5. The zero-order chi connectivity index (χ0) is 15.1. The molecule has 21 heavy (non-hydrogen) atoms. The summed E-state index contributed by atoms with van der Waals surface area (Å²) < 4.78 is 0. The lowest BCUT2D eigenvalue weighted by Gasteiger charge is -2.32. The highest BCUT2D eigenvalue weighted by Crippen LogP contribution is 2.13. The van der Waals surface area contributed by atoms with Crippen molar-refractivity contribution in [1.29, 1.82) is 0 Å². The quantitative estimate of drug-likeness (QED) is 0.901. The maximum absolute atomic E-state index is 12.2. The van der Waals surface area contributed by atoms with Crippen molar-refractivity contribution in [3.05, 3.63) is 30.1 Å². The Morgan fingerprint density at radius 3 is 2.71 bits per heavy atom. The van der Waals surface area contributed by atoms with E-state index in [1.54, 1.807) is 18.3 Å². The van der Waals surface area contributed by atoms with Gasteiger partial charge in [-0.15, -0.1) is 0 Å². The van der Waals surface area contributed by atoms with E-state index in [1.165, 1.54) is 0 Å². The monoisotopic (exact) mass is 289 g/mol. The molecule has 1 aliphatic rings. The fourth-order valence-electron chi connectivity index (χ4n) is 2.52. The Bertz CT molecular complexity index is 468. The number of pyridine rings is 1. The van der Waals surface area contributed by atoms with Crippen molar-refractivity contribution in [2.45, 2.75) is 45.1 Å².